The van der Waals surface area contributed by atoms with Gasteiger partial charge in [-0.25, -0.2) is 9.79 Å². The van der Waals surface area contributed by atoms with E-state index in [-0.39, 0.29) is 12.3 Å². The van der Waals surface area contributed by atoms with Crippen LogP contribution in [0.3, 0.4) is 0 Å². The molecule has 1 aromatic carbocycles. The van der Waals surface area contributed by atoms with Gasteiger partial charge in [-0.05, 0) is 57.9 Å². The Morgan fingerprint density at radius 2 is 1.97 bits per heavy atom. The van der Waals surface area contributed by atoms with Crippen LogP contribution in [0.2, 0.25) is 0 Å². The first kappa shape index (κ1) is 23.4. The Labute approximate surface area is 199 Å². The predicted molar refractivity (Wildman–Crippen MR) is 130 cm³/mol. The largest absolute Gasteiger partial charge is 0.496 e. The lowest BCUT2D eigenvalue weighted by molar-refractivity contribution is -0.150. The summed E-state index contributed by atoms with van der Waals surface area (Å²) in [5, 5.41) is 5.72. The molecular weight excluding hydrogens is 438 g/mol. The normalized spacial score (nSPS) is 20.2. The number of carbonyl (C=O) groups is 2. The zero-order valence-corrected chi connectivity index (χ0v) is 20.6. The number of methoxy groups -OCH3 is 1. The van der Waals surface area contributed by atoms with Crippen LogP contribution in [-0.2, 0) is 14.3 Å². The van der Waals surface area contributed by atoms with Crippen LogP contribution in [0.25, 0.3) is 0 Å². The summed E-state index contributed by atoms with van der Waals surface area (Å²) >= 11 is 1.46. The lowest BCUT2D eigenvalue weighted by Crippen LogP contribution is -2.39. The first-order valence-electron chi connectivity index (χ1n) is 11.3. The number of nitrogens with zero attached hydrogens (tertiary/aromatic N) is 2. The van der Waals surface area contributed by atoms with Gasteiger partial charge in [0.2, 0.25) is 5.91 Å². The van der Waals surface area contributed by atoms with E-state index < -0.39 is 17.6 Å². The van der Waals surface area contributed by atoms with Crippen LogP contribution in [-0.4, -0.2) is 41.2 Å². The van der Waals surface area contributed by atoms with Crippen LogP contribution in [0, 0.1) is 5.92 Å². The minimum Gasteiger partial charge on any atom is -0.496 e. The fourth-order valence-corrected chi connectivity index (χ4v) is 4.92. The van der Waals surface area contributed by atoms with Gasteiger partial charge in [0.15, 0.2) is 5.17 Å². The predicted octanol–water partition coefficient (Wildman–Crippen LogP) is 4.53. The zero-order valence-electron chi connectivity index (χ0n) is 19.8. The number of nitrogens with one attached hydrogen (secondary N) is 1. The number of hydrogen-bond acceptors (Lipinski definition) is 7. The number of allylic oxidation sites excluding steroid dienone is 1. The molecule has 0 bridgehead atoms. The number of thioether (sulfide) groups is 1. The number of ether oxygens (including phenoxy) is 2. The Morgan fingerprint density at radius 1 is 1.24 bits per heavy atom. The Morgan fingerprint density at radius 3 is 2.64 bits per heavy atom. The molecule has 1 aromatic rings. The van der Waals surface area contributed by atoms with Gasteiger partial charge in [0.05, 0.1) is 30.8 Å². The summed E-state index contributed by atoms with van der Waals surface area (Å²) in [5.41, 5.74) is 2.02. The standard InChI is InChI=1S/C25H31N3O4S/c1-15-21(23(30)32-25(2,3)4)22(18-8-6-7-9-19(18)31-5)28-17(14-33-24(28)27-15)12-20(29)26-13-16-10-11-16/h6-9,14,16,22H,10-13H2,1-5H3,(H,26,29)/t22-/m0/s1. The molecule has 0 radical (unpaired) electrons. The molecule has 2 aliphatic heterocycles. The van der Waals surface area contributed by atoms with Gasteiger partial charge >= 0.3 is 5.97 Å². The second-order valence-corrected chi connectivity index (χ2v) is 10.4. The third-order valence-corrected chi connectivity index (χ3v) is 6.57. The van der Waals surface area contributed by atoms with Crippen molar-refractivity contribution >= 4 is 28.8 Å². The maximum absolute atomic E-state index is 13.4. The molecule has 0 saturated heterocycles. The molecule has 33 heavy (non-hydrogen) atoms. The second-order valence-electron chi connectivity index (χ2n) is 9.56. The number of hydrogen-bond donors (Lipinski definition) is 1. The first-order valence-corrected chi connectivity index (χ1v) is 12.1. The number of aliphatic imine (C=N–C) groups is 1. The molecule has 1 saturated carbocycles. The number of rotatable bonds is 7. The zero-order chi connectivity index (χ0) is 23.8. The maximum Gasteiger partial charge on any atom is 0.338 e. The Bertz CT molecular complexity index is 1050. The van der Waals surface area contributed by atoms with Gasteiger partial charge in [-0.2, -0.15) is 0 Å². The van der Waals surface area contributed by atoms with Crippen LogP contribution >= 0.6 is 11.8 Å². The summed E-state index contributed by atoms with van der Waals surface area (Å²) in [6.45, 7) is 8.08. The van der Waals surface area contributed by atoms with Crippen LogP contribution in [0.15, 0.2) is 51.6 Å². The fraction of sp³-hybridized carbons (Fsp3) is 0.480. The Hall–Kier alpha value is -2.74. The van der Waals surface area contributed by atoms with Gasteiger partial charge in [0.25, 0.3) is 0 Å². The molecule has 0 spiro atoms. The highest BCUT2D eigenvalue weighted by atomic mass is 32.2. The van der Waals surface area contributed by atoms with Crippen molar-refractivity contribution in [3.63, 3.8) is 0 Å². The van der Waals surface area contributed by atoms with Crippen molar-refractivity contribution in [2.45, 2.75) is 58.6 Å². The molecule has 1 aliphatic carbocycles. The van der Waals surface area contributed by atoms with Crippen molar-refractivity contribution < 1.29 is 19.1 Å². The van der Waals surface area contributed by atoms with Gasteiger partial charge in [-0.15, -0.1) is 0 Å². The number of carbonyl (C=O) groups excluding carboxylic acids is 2. The van der Waals surface area contributed by atoms with E-state index in [1.165, 1.54) is 24.6 Å². The summed E-state index contributed by atoms with van der Waals surface area (Å²) in [6, 6.07) is 7.11. The van der Waals surface area contributed by atoms with E-state index in [4.69, 9.17) is 14.5 Å². The van der Waals surface area contributed by atoms with Crippen molar-refractivity contribution in [2.75, 3.05) is 13.7 Å². The van der Waals surface area contributed by atoms with E-state index in [1.54, 1.807) is 7.11 Å². The Kier molecular flexibility index (Phi) is 6.56. The van der Waals surface area contributed by atoms with E-state index in [0.29, 0.717) is 22.9 Å². The average molecular weight is 470 g/mol. The molecule has 176 valence electrons. The van der Waals surface area contributed by atoms with Crippen molar-refractivity contribution in [3.8, 4) is 5.75 Å². The molecule has 3 aliphatic rings. The van der Waals surface area contributed by atoms with E-state index >= 15 is 0 Å². The number of amides is 1. The highest BCUT2D eigenvalue weighted by Gasteiger charge is 2.43. The van der Waals surface area contributed by atoms with E-state index in [2.05, 4.69) is 5.32 Å². The fourth-order valence-electron chi connectivity index (χ4n) is 3.96. The van der Waals surface area contributed by atoms with E-state index in [0.717, 1.165) is 23.0 Å². The molecule has 1 fully saturated rings. The van der Waals surface area contributed by atoms with Gasteiger partial charge < -0.3 is 19.7 Å². The highest BCUT2D eigenvalue weighted by Crippen LogP contribution is 2.47. The van der Waals surface area contributed by atoms with E-state index in [1.807, 2.05) is 62.3 Å². The minimum atomic E-state index is -0.652. The third kappa shape index (κ3) is 5.27. The summed E-state index contributed by atoms with van der Waals surface area (Å²) in [6.07, 6.45) is 2.58. The molecule has 1 amide bonds. The number of benzene rings is 1. The molecule has 0 unspecified atom stereocenters. The monoisotopic (exact) mass is 469 g/mol. The summed E-state index contributed by atoms with van der Waals surface area (Å²) in [7, 11) is 1.61. The minimum absolute atomic E-state index is 0.0288. The molecule has 0 aromatic heterocycles. The quantitative estimate of drug-likeness (QED) is 0.591. The molecular formula is C25H31N3O4S. The molecule has 7 nitrogen and oxygen atoms in total. The summed E-state index contributed by atoms with van der Waals surface area (Å²) in [5.74, 6) is 0.817. The third-order valence-electron chi connectivity index (χ3n) is 5.68. The molecule has 8 heteroatoms. The van der Waals surface area contributed by atoms with Crippen LogP contribution < -0.4 is 10.1 Å². The topological polar surface area (TPSA) is 80.2 Å². The van der Waals surface area contributed by atoms with Crippen molar-refractivity contribution in [2.24, 2.45) is 10.9 Å². The highest BCUT2D eigenvalue weighted by molar-refractivity contribution is 8.16. The van der Waals surface area contributed by atoms with Gasteiger partial charge in [-0.1, -0.05) is 30.0 Å². The summed E-state index contributed by atoms with van der Waals surface area (Å²) < 4.78 is 11.4. The Balaban J connectivity index is 1.71. The van der Waals surface area contributed by atoms with E-state index in [9.17, 15) is 9.59 Å². The number of amidine groups is 1. The molecule has 4 rings (SSSR count). The molecule has 2 heterocycles. The first-order chi connectivity index (χ1) is 15.7. The summed E-state index contributed by atoms with van der Waals surface area (Å²) in [4.78, 5) is 32.8. The maximum atomic E-state index is 13.4. The van der Waals surface area contributed by atoms with Crippen molar-refractivity contribution in [3.05, 3.63) is 52.2 Å². The van der Waals surface area contributed by atoms with Gasteiger partial charge in [-0.3, -0.25) is 4.79 Å². The van der Waals surface area contributed by atoms with Gasteiger partial charge in [0.1, 0.15) is 11.4 Å². The molecule has 1 N–H and O–H groups in total. The SMILES string of the molecule is COc1ccccc1[C@H]1C(C(=O)OC(C)(C)C)=C(C)N=C2SC=C(CC(=O)NCC3CC3)N21. The smallest absolute Gasteiger partial charge is 0.338 e. The number of para-hydroxylation sites is 1. The molecule has 1 atom stereocenters. The number of fused-ring (bicyclic) bond motifs is 1. The van der Waals surface area contributed by atoms with Crippen LogP contribution in [0.1, 0.15) is 58.6 Å². The second kappa shape index (κ2) is 9.25. The lowest BCUT2D eigenvalue weighted by Gasteiger charge is -2.37. The average Bonchev–Trinajstić information content (AvgIpc) is 3.50. The van der Waals surface area contributed by atoms with Gasteiger partial charge in [0, 0.05) is 17.8 Å². The van der Waals surface area contributed by atoms with Crippen LogP contribution in [0.4, 0.5) is 0 Å². The lowest BCUT2D eigenvalue weighted by atomic mass is 9.93. The van der Waals surface area contributed by atoms with Crippen molar-refractivity contribution in [1.29, 1.82) is 0 Å². The number of esters is 1. The van der Waals surface area contributed by atoms with Crippen LogP contribution in [0.5, 0.6) is 5.75 Å². The van der Waals surface area contributed by atoms with Crippen molar-refractivity contribution in [1.82, 2.24) is 10.2 Å².